The average Bonchev–Trinajstić information content (AvgIpc) is 3.57. The number of fused-ring (bicyclic) bond motifs is 1. The molecule has 208 valence electrons. The number of methoxy groups -OCH3 is 3. The number of aromatic nitrogens is 8. The van der Waals surface area contributed by atoms with E-state index in [4.69, 9.17) is 30.3 Å². The van der Waals surface area contributed by atoms with Gasteiger partial charge < -0.3 is 18.7 Å². The van der Waals surface area contributed by atoms with Gasteiger partial charge in [-0.25, -0.2) is 23.0 Å². The zero-order valence-electron chi connectivity index (χ0n) is 21.5. The van der Waals surface area contributed by atoms with Crippen molar-refractivity contribution in [2.75, 3.05) is 26.1 Å². The first-order chi connectivity index (χ1) is 19.3. The summed E-state index contributed by atoms with van der Waals surface area (Å²) >= 11 is 5.89. The fraction of sp³-hybridized carbons (Fsp3) is 0.261. The zero-order chi connectivity index (χ0) is 28.4. The first-order valence-corrected chi connectivity index (χ1v) is 13.5. The van der Waals surface area contributed by atoms with E-state index in [9.17, 15) is 8.42 Å². The van der Waals surface area contributed by atoms with Crippen molar-refractivity contribution in [3.63, 3.8) is 0 Å². The molecule has 0 aliphatic rings. The van der Waals surface area contributed by atoms with Crippen LogP contribution >= 0.6 is 11.6 Å². The van der Waals surface area contributed by atoms with Crippen molar-refractivity contribution in [1.82, 2.24) is 39.9 Å². The summed E-state index contributed by atoms with van der Waals surface area (Å²) in [5, 5.41) is 12.2. The van der Waals surface area contributed by atoms with Crippen LogP contribution in [0.2, 0.25) is 5.02 Å². The van der Waals surface area contributed by atoms with Crippen molar-refractivity contribution < 1.29 is 27.2 Å². The number of halogens is 1. The molecule has 0 aliphatic carbocycles. The SMILES string of the molecule is COc1ncnc(OC)c1-n1c(NS(=O)(=O)C(C)C(OC)c2ncc(Cl)cn2)nnc1-c1noc2ccccc12. The number of hydrogen-bond acceptors (Lipinski definition) is 13. The van der Waals surface area contributed by atoms with Gasteiger partial charge in [0.05, 0.1) is 24.6 Å². The first-order valence-electron chi connectivity index (χ1n) is 11.5. The highest BCUT2D eigenvalue weighted by Gasteiger charge is 2.35. The molecule has 5 rings (SSSR count). The van der Waals surface area contributed by atoms with E-state index in [1.807, 2.05) is 0 Å². The van der Waals surface area contributed by atoms with Gasteiger partial charge in [0.15, 0.2) is 28.6 Å². The van der Waals surface area contributed by atoms with Crippen LogP contribution in [-0.4, -0.2) is 74.9 Å². The third-order valence-corrected chi connectivity index (χ3v) is 7.80. The Bertz CT molecular complexity index is 1740. The van der Waals surface area contributed by atoms with E-state index in [0.29, 0.717) is 16.0 Å². The number of nitrogens with one attached hydrogen (secondary N) is 1. The number of ether oxygens (including phenoxy) is 3. The quantitative estimate of drug-likeness (QED) is 0.252. The predicted octanol–water partition coefficient (Wildman–Crippen LogP) is 2.84. The molecule has 0 spiro atoms. The lowest BCUT2D eigenvalue weighted by Gasteiger charge is -2.22. The van der Waals surface area contributed by atoms with Gasteiger partial charge in [-0.3, -0.25) is 4.72 Å². The monoisotopic (exact) mass is 587 g/mol. The molecule has 2 atom stereocenters. The summed E-state index contributed by atoms with van der Waals surface area (Å²) < 4.78 is 52.9. The van der Waals surface area contributed by atoms with Crippen molar-refractivity contribution >= 4 is 38.5 Å². The molecule has 0 aliphatic heterocycles. The highest BCUT2D eigenvalue weighted by Crippen LogP contribution is 2.37. The van der Waals surface area contributed by atoms with Crippen LogP contribution in [0, 0.1) is 0 Å². The Morgan fingerprint density at radius 3 is 2.33 bits per heavy atom. The lowest BCUT2D eigenvalue weighted by molar-refractivity contribution is 0.0950. The zero-order valence-corrected chi connectivity index (χ0v) is 23.1. The van der Waals surface area contributed by atoms with Gasteiger partial charge in [-0.05, 0) is 19.1 Å². The van der Waals surface area contributed by atoms with Gasteiger partial charge in [-0.15, -0.1) is 10.2 Å². The molecular weight excluding hydrogens is 566 g/mol. The topological polar surface area (TPSA) is 182 Å². The summed E-state index contributed by atoms with van der Waals surface area (Å²) in [6.07, 6.45) is 2.88. The maximum Gasteiger partial charge on any atom is 0.245 e. The standard InChI is InChI=1S/C23H22ClN9O6S/c1-12(18(36-2)19-25-9-13(24)10-26-19)40(34,35)32-23-30-29-20(16-14-7-5-6-8-15(14)39-31-16)33(23)17-21(37-3)27-11-28-22(17)38-4/h5-12,18H,1-4H3,(H,30,32). The second-order valence-electron chi connectivity index (χ2n) is 8.22. The summed E-state index contributed by atoms with van der Waals surface area (Å²) in [7, 11) is -0.0972. The van der Waals surface area contributed by atoms with Gasteiger partial charge in [0.2, 0.25) is 27.7 Å². The smallest absolute Gasteiger partial charge is 0.245 e. The minimum absolute atomic E-state index is 0.0542. The maximum absolute atomic E-state index is 13.7. The molecule has 0 bridgehead atoms. The first kappa shape index (κ1) is 27.2. The number of nitrogens with zero attached hydrogens (tertiary/aromatic N) is 8. The molecule has 1 N–H and O–H groups in total. The van der Waals surface area contributed by atoms with Crippen LogP contribution in [0.3, 0.4) is 0 Å². The Kier molecular flexibility index (Phi) is 7.46. The van der Waals surface area contributed by atoms with E-state index in [-0.39, 0.29) is 40.7 Å². The van der Waals surface area contributed by atoms with Crippen LogP contribution in [-0.2, 0) is 14.8 Å². The van der Waals surface area contributed by atoms with Crippen LogP contribution < -0.4 is 14.2 Å². The van der Waals surface area contributed by atoms with Crippen LogP contribution in [0.4, 0.5) is 5.95 Å². The molecule has 17 heteroatoms. The van der Waals surface area contributed by atoms with E-state index < -0.39 is 21.4 Å². The molecule has 0 radical (unpaired) electrons. The van der Waals surface area contributed by atoms with Gasteiger partial charge in [-0.1, -0.05) is 28.9 Å². The number of hydrogen-bond donors (Lipinski definition) is 1. The van der Waals surface area contributed by atoms with Crippen LogP contribution in [0.15, 0.2) is 47.5 Å². The largest absolute Gasteiger partial charge is 0.479 e. The summed E-state index contributed by atoms with van der Waals surface area (Å²) in [6, 6.07) is 7.09. The Hall–Kier alpha value is -4.41. The second-order valence-corrected chi connectivity index (χ2v) is 10.7. The van der Waals surface area contributed by atoms with Gasteiger partial charge in [0.25, 0.3) is 0 Å². The highest BCUT2D eigenvalue weighted by molar-refractivity contribution is 7.93. The normalized spacial score (nSPS) is 13.2. The number of anilines is 1. The van der Waals surface area contributed by atoms with E-state index in [0.717, 1.165) is 0 Å². The number of benzene rings is 1. The maximum atomic E-state index is 13.7. The molecule has 2 unspecified atom stereocenters. The van der Waals surface area contributed by atoms with Gasteiger partial charge in [0, 0.05) is 19.5 Å². The highest BCUT2D eigenvalue weighted by atomic mass is 35.5. The molecule has 15 nitrogen and oxygen atoms in total. The van der Waals surface area contributed by atoms with Crippen molar-refractivity contribution in [2.24, 2.45) is 0 Å². The minimum atomic E-state index is -4.23. The lowest BCUT2D eigenvalue weighted by Crippen LogP contribution is -2.33. The van der Waals surface area contributed by atoms with E-state index in [1.54, 1.807) is 24.3 Å². The number of rotatable bonds is 10. The molecule has 0 saturated carbocycles. The average molecular weight is 588 g/mol. The van der Waals surface area contributed by atoms with Crippen molar-refractivity contribution in [1.29, 1.82) is 0 Å². The molecule has 0 amide bonds. The number of sulfonamides is 1. The van der Waals surface area contributed by atoms with E-state index >= 15 is 0 Å². The van der Waals surface area contributed by atoms with Crippen molar-refractivity contribution in [3.8, 4) is 29.0 Å². The lowest BCUT2D eigenvalue weighted by atomic mass is 10.2. The molecule has 0 saturated heterocycles. The van der Waals surface area contributed by atoms with Crippen LogP contribution in [0.25, 0.3) is 28.2 Å². The van der Waals surface area contributed by atoms with E-state index in [1.165, 1.54) is 51.5 Å². The van der Waals surface area contributed by atoms with Crippen molar-refractivity contribution in [2.45, 2.75) is 18.3 Å². The molecule has 5 aromatic rings. The summed E-state index contributed by atoms with van der Waals surface area (Å²) in [5.41, 5.74) is 0.880. The fourth-order valence-electron chi connectivity index (χ4n) is 3.96. The van der Waals surface area contributed by atoms with Crippen molar-refractivity contribution in [3.05, 3.63) is 53.8 Å². The minimum Gasteiger partial charge on any atom is -0.479 e. The molecule has 40 heavy (non-hydrogen) atoms. The van der Waals surface area contributed by atoms with Crippen LogP contribution in [0.1, 0.15) is 18.9 Å². The van der Waals surface area contributed by atoms with Gasteiger partial charge >= 0.3 is 0 Å². The Labute approximate surface area is 232 Å². The molecule has 4 heterocycles. The Morgan fingerprint density at radius 2 is 1.68 bits per heavy atom. The van der Waals surface area contributed by atoms with Gasteiger partial charge in [0.1, 0.15) is 17.7 Å². The predicted molar refractivity (Wildman–Crippen MR) is 142 cm³/mol. The summed E-state index contributed by atoms with van der Waals surface area (Å²) in [4.78, 5) is 16.5. The molecular formula is C23H22ClN9O6S. The van der Waals surface area contributed by atoms with Crippen LogP contribution in [0.5, 0.6) is 11.8 Å². The second kappa shape index (κ2) is 11.0. The molecule has 1 aromatic carbocycles. The third-order valence-electron chi connectivity index (χ3n) is 5.92. The summed E-state index contributed by atoms with van der Waals surface area (Å²) in [5.74, 6) is 0.107. The molecule has 4 aromatic heterocycles. The third kappa shape index (κ3) is 4.87. The molecule has 0 fully saturated rings. The Balaban J connectivity index is 1.65. The number of para-hydroxylation sites is 1. The summed E-state index contributed by atoms with van der Waals surface area (Å²) in [6.45, 7) is 1.44. The van der Waals surface area contributed by atoms with Gasteiger partial charge in [-0.2, -0.15) is 9.97 Å². The fourth-order valence-corrected chi connectivity index (χ4v) is 5.19. The van der Waals surface area contributed by atoms with E-state index in [2.05, 4.69) is 40.0 Å². The Morgan fingerprint density at radius 1 is 1.00 bits per heavy atom.